The van der Waals surface area contributed by atoms with E-state index in [2.05, 4.69) is 22.2 Å². The molecule has 0 saturated heterocycles. The summed E-state index contributed by atoms with van der Waals surface area (Å²) in [5.74, 6) is 3.09. The Labute approximate surface area is 161 Å². The molecule has 0 radical (unpaired) electrons. The first kappa shape index (κ1) is 20.4. The van der Waals surface area contributed by atoms with Crippen LogP contribution in [0.3, 0.4) is 0 Å². The van der Waals surface area contributed by atoms with Gasteiger partial charge in [0, 0.05) is 19.5 Å². The van der Waals surface area contributed by atoms with Gasteiger partial charge in [-0.1, -0.05) is 24.3 Å². The number of para-hydroxylation sites is 2. The molecule has 0 fully saturated rings. The summed E-state index contributed by atoms with van der Waals surface area (Å²) in [5.41, 5.74) is 1.04. The van der Waals surface area contributed by atoms with Crippen LogP contribution >= 0.6 is 0 Å². The molecule has 6 nitrogen and oxygen atoms in total. The van der Waals surface area contributed by atoms with Crippen LogP contribution in [0, 0.1) is 0 Å². The van der Waals surface area contributed by atoms with Gasteiger partial charge in [0.2, 0.25) is 0 Å². The summed E-state index contributed by atoms with van der Waals surface area (Å²) in [5, 5.41) is 6.58. The summed E-state index contributed by atoms with van der Waals surface area (Å²) in [6, 6.07) is 11.5. The van der Waals surface area contributed by atoms with E-state index in [9.17, 15) is 0 Å². The van der Waals surface area contributed by atoms with Gasteiger partial charge in [-0.25, -0.2) is 4.99 Å². The van der Waals surface area contributed by atoms with Crippen LogP contribution in [0.5, 0.6) is 11.5 Å². The lowest BCUT2D eigenvalue weighted by Crippen LogP contribution is -2.39. The summed E-state index contributed by atoms with van der Waals surface area (Å²) in [6.07, 6.45) is 2.36. The van der Waals surface area contributed by atoms with Crippen LogP contribution in [0.15, 0.2) is 64.2 Å². The maximum atomic E-state index is 5.96. The van der Waals surface area contributed by atoms with E-state index in [0.717, 1.165) is 30.3 Å². The number of methoxy groups -OCH3 is 1. The number of rotatable bonds is 10. The standard InChI is InChI=1S/C21H29N3O3/c1-16(2)14-23-21(22-12-11-18-8-7-13-26-18)24-15-17(3)27-20-10-6-5-9-19(20)25-4/h5-10,13,17H,1,11-12,14-15H2,2-4H3,(H2,22,23,24). The van der Waals surface area contributed by atoms with E-state index < -0.39 is 0 Å². The summed E-state index contributed by atoms with van der Waals surface area (Å²) in [6.45, 7) is 9.76. The van der Waals surface area contributed by atoms with E-state index in [1.807, 2.05) is 50.2 Å². The maximum absolute atomic E-state index is 5.96. The van der Waals surface area contributed by atoms with E-state index in [1.54, 1.807) is 13.4 Å². The Morgan fingerprint density at radius 2 is 1.96 bits per heavy atom. The molecule has 1 heterocycles. The van der Waals surface area contributed by atoms with Crippen LogP contribution in [0.25, 0.3) is 0 Å². The first-order chi connectivity index (χ1) is 13.1. The zero-order valence-electron chi connectivity index (χ0n) is 16.3. The fraction of sp³-hybridized carbons (Fsp3) is 0.381. The minimum absolute atomic E-state index is 0.102. The number of nitrogens with one attached hydrogen (secondary N) is 2. The number of aliphatic imine (C=N–C) groups is 1. The highest BCUT2D eigenvalue weighted by atomic mass is 16.5. The monoisotopic (exact) mass is 371 g/mol. The first-order valence-electron chi connectivity index (χ1n) is 9.07. The van der Waals surface area contributed by atoms with E-state index in [1.165, 1.54) is 0 Å². The van der Waals surface area contributed by atoms with E-state index >= 15 is 0 Å². The van der Waals surface area contributed by atoms with Gasteiger partial charge in [0.15, 0.2) is 17.5 Å². The predicted molar refractivity (Wildman–Crippen MR) is 109 cm³/mol. The first-order valence-corrected chi connectivity index (χ1v) is 9.07. The molecule has 0 saturated carbocycles. The summed E-state index contributed by atoms with van der Waals surface area (Å²) in [4.78, 5) is 4.62. The van der Waals surface area contributed by atoms with Gasteiger partial charge < -0.3 is 24.5 Å². The second kappa shape index (κ2) is 11.0. The zero-order chi connectivity index (χ0) is 19.5. The summed E-state index contributed by atoms with van der Waals surface area (Å²) >= 11 is 0. The van der Waals surface area contributed by atoms with Crippen LogP contribution < -0.4 is 20.1 Å². The van der Waals surface area contributed by atoms with Crippen molar-refractivity contribution in [2.45, 2.75) is 26.4 Å². The van der Waals surface area contributed by atoms with Gasteiger partial charge in [-0.15, -0.1) is 0 Å². The van der Waals surface area contributed by atoms with Crippen molar-refractivity contribution in [1.82, 2.24) is 10.6 Å². The third kappa shape index (κ3) is 7.48. The normalized spacial score (nSPS) is 12.3. The molecule has 0 aliphatic heterocycles. The maximum Gasteiger partial charge on any atom is 0.191 e. The number of ether oxygens (including phenoxy) is 2. The third-order valence-corrected chi connectivity index (χ3v) is 3.71. The molecule has 0 aliphatic carbocycles. The Kier molecular flexibility index (Phi) is 8.29. The van der Waals surface area contributed by atoms with Gasteiger partial charge in [0.05, 0.1) is 19.9 Å². The van der Waals surface area contributed by atoms with E-state index in [-0.39, 0.29) is 6.10 Å². The smallest absolute Gasteiger partial charge is 0.191 e. The number of guanidine groups is 1. The van der Waals surface area contributed by atoms with Gasteiger partial charge in [0.1, 0.15) is 11.9 Å². The molecule has 1 unspecified atom stereocenters. The van der Waals surface area contributed by atoms with Crippen molar-refractivity contribution in [2.75, 3.05) is 26.7 Å². The molecule has 6 heteroatoms. The quantitative estimate of drug-likeness (QED) is 0.381. The Balaban J connectivity index is 1.89. The molecular weight excluding hydrogens is 342 g/mol. The molecule has 1 aromatic carbocycles. The Morgan fingerprint density at radius 1 is 1.19 bits per heavy atom. The molecule has 1 aromatic heterocycles. The Hall–Kier alpha value is -2.89. The van der Waals surface area contributed by atoms with Crippen molar-refractivity contribution in [2.24, 2.45) is 4.99 Å². The van der Waals surface area contributed by atoms with Gasteiger partial charge in [0.25, 0.3) is 0 Å². The van der Waals surface area contributed by atoms with Crippen molar-refractivity contribution in [1.29, 1.82) is 0 Å². The van der Waals surface area contributed by atoms with Crippen molar-refractivity contribution in [3.8, 4) is 11.5 Å². The van der Waals surface area contributed by atoms with Crippen LogP contribution in [-0.4, -0.2) is 38.8 Å². The molecule has 0 bridgehead atoms. The topological polar surface area (TPSA) is 68.0 Å². The minimum atomic E-state index is -0.102. The molecule has 27 heavy (non-hydrogen) atoms. The van der Waals surface area contributed by atoms with Crippen LogP contribution in [0.1, 0.15) is 19.6 Å². The second-order valence-corrected chi connectivity index (χ2v) is 6.34. The number of hydrogen-bond acceptors (Lipinski definition) is 4. The Morgan fingerprint density at radius 3 is 2.63 bits per heavy atom. The molecule has 146 valence electrons. The van der Waals surface area contributed by atoms with E-state index in [0.29, 0.717) is 24.6 Å². The lowest BCUT2D eigenvalue weighted by atomic mass is 10.3. The average Bonchev–Trinajstić information content (AvgIpc) is 3.17. The van der Waals surface area contributed by atoms with Gasteiger partial charge >= 0.3 is 0 Å². The highest BCUT2D eigenvalue weighted by Crippen LogP contribution is 2.26. The number of hydrogen-bond donors (Lipinski definition) is 2. The fourth-order valence-corrected chi connectivity index (χ4v) is 2.36. The van der Waals surface area contributed by atoms with Gasteiger partial charge in [-0.3, -0.25) is 0 Å². The molecule has 1 atom stereocenters. The van der Waals surface area contributed by atoms with Crippen molar-refractivity contribution in [3.05, 3.63) is 60.6 Å². The highest BCUT2D eigenvalue weighted by molar-refractivity contribution is 5.80. The number of benzene rings is 1. The lowest BCUT2D eigenvalue weighted by Gasteiger charge is -2.17. The zero-order valence-corrected chi connectivity index (χ0v) is 16.3. The molecule has 2 N–H and O–H groups in total. The van der Waals surface area contributed by atoms with Crippen LogP contribution in [0.4, 0.5) is 0 Å². The van der Waals surface area contributed by atoms with Crippen molar-refractivity contribution >= 4 is 5.96 Å². The average molecular weight is 371 g/mol. The van der Waals surface area contributed by atoms with Crippen LogP contribution in [-0.2, 0) is 6.42 Å². The lowest BCUT2D eigenvalue weighted by molar-refractivity contribution is 0.219. The SMILES string of the molecule is C=C(C)CNC(=NCC(C)Oc1ccccc1OC)NCCc1ccco1. The molecule has 0 spiro atoms. The highest BCUT2D eigenvalue weighted by Gasteiger charge is 2.09. The Bertz CT molecular complexity index is 726. The number of furan rings is 1. The van der Waals surface area contributed by atoms with Gasteiger partial charge in [-0.05, 0) is 38.1 Å². The van der Waals surface area contributed by atoms with E-state index in [4.69, 9.17) is 13.9 Å². The molecule has 0 amide bonds. The fourth-order valence-electron chi connectivity index (χ4n) is 2.36. The minimum Gasteiger partial charge on any atom is -0.493 e. The van der Waals surface area contributed by atoms with Crippen molar-refractivity contribution < 1.29 is 13.9 Å². The molecule has 0 aliphatic rings. The predicted octanol–water partition coefficient (Wildman–Crippen LogP) is 3.41. The molecule has 2 rings (SSSR count). The largest absolute Gasteiger partial charge is 0.493 e. The van der Waals surface area contributed by atoms with Gasteiger partial charge in [-0.2, -0.15) is 0 Å². The summed E-state index contributed by atoms with van der Waals surface area (Å²) in [7, 11) is 1.63. The summed E-state index contributed by atoms with van der Waals surface area (Å²) < 4.78 is 16.6. The van der Waals surface area contributed by atoms with Crippen LogP contribution in [0.2, 0.25) is 0 Å². The second-order valence-electron chi connectivity index (χ2n) is 6.34. The molecule has 2 aromatic rings. The third-order valence-electron chi connectivity index (χ3n) is 3.71. The van der Waals surface area contributed by atoms with Crippen molar-refractivity contribution in [3.63, 3.8) is 0 Å². The molecular formula is C21H29N3O3. The number of nitrogens with zero attached hydrogens (tertiary/aromatic N) is 1.